The molecule has 0 saturated carbocycles. The summed E-state index contributed by atoms with van der Waals surface area (Å²) in [5, 5.41) is 2.89. The molecule has 1 saturated heterocycles. The summed E-state index contributed by atoms with van der Waals surface area (Å²) in [4.78, 5) is 14.4. The number of carbonyl (C=O) groups excluding carboxylic acids is 1. The normalized spacial score (nSPS) is 15.2. The van der Waals surface area contributed by atoms with Crippen LogP contribution in [0.25, 0.3) is 0 Å². The van der Waals surface area contributed by atoms with Crippen molar-refractivity contribution in [2.24, 2.45) is 5.92 Å². The highest BCUT2D eigenvalue weighted by atomic mass is 16.2. The zero-order valence-electron chi connectivity index (χ0n) is 13.2. The van der Waals surface area contributed by atoms with E-state index < -0.39 is 0 Å². The Labute approximate surface area is 137 Å². The van der Waals surface area contributed by atoms with Crippen LogP contribution < -0.4 is 5.32 Å². The van der Waals surface area contributed by atoms with Crippen molar-refractivity contribution in [2.45, 2.75) is 6.04 Å². The SMILES string of the molecule is C=CCNC(=O)C1CN(C(c2ccccc2)c2ccccc2)C1. The third-order valence-electron chi connectivity index (χ3n) is 4.30. The van der Waals surface area contributed by atoms with E-state index in [0.29, 0.717) is 6.54 Å². The summed E-state index contributed by atoms with van der Waals surface area (Å²) in [5.41, 5.74) is 2.53. The van der Waals surface area contributed by atoms with Gasteiger partial charge in [-0.1, -0.05) is 66.7 Å². The third-order valence-corrected chi connectivity index (χ3v) is 4.30. The van der Waals surface area contributed by atoms with Crippen LogP contribution in [-0.2, 0) is 4.79 Å². The lowest BCUT2D eigenvalue weighted by Crippen LogP contribution is -2.54. The second-order valence-corrected chi connectivity index (χ2v) is 5.91. The molecule has 3 nitrogen and oxygen atoms in total. The molecule has 2 aromatic rings. The summed E-state index contributed by atoms with van der Waals surface area (Å²) in [7, 11) is 0. The van der Waals surface area contributed by atoms with Crippen molar-refractivity contribution in [1.82, 2.24) is 10.2 Å². The number of nitrogens with zero attached hydrogens (tertiary/aromatic N) is 1. The number of carbonyl (C=O) groups is 1. The van der Waals surface area contributed by atoms with Crippen molar-refractivity contribution in [3.05, 3.63) is 84.4 Å². The molecule has 0 aliphatic carbocycles. The van der Waals surface area contributed by atoms with Crippen LogP contribution in [0.2, 0.25) is 0 Å². The Hall–Kier alpha value is -2.39. The average molecular weight is 306 g/mol. The first kappa shape index (κ1) is 15.5. The van der Waals surface area contributed by atoms with E-state index in [-0.39, 0.29) is 17.9 Å². The van der Waals surface area contributed by atoms with E-state index in [4.69, 9.17) is 0 Å². The predicted octanol–water partition coefficient (Wildman–Crippen LogP) is 3.01. The van der Waals surface area contributed by atoms with Gasteiger partial charge in [0.05, 0.1) is 12.0 Å². The van der Waals surface area contributed by atoms with Crippen molar-refractivity contribution in [3.63, 3.8) is 0 Å². The molecule has 0 radical (unpaired) electrons. The van der Waals surface area contributed by atoms with E-state index >= 15 is 0 Å². The Morgan fingerprint density at radius 2 is 1.61 bits per heavy atom. The fraction of sp³-hybridized carbons (Fsp3) is 0.250. The first-order valence-electron chi connectivity index (χ1n) is 8.02. The smallest absolute Gasteiger partial charge is 0.225 e. The van der Waals surface area contributed by atoms with Crippen molar-refractivity contribution >= 4 is 5.91 Å². The second kappa shape index (κ2) is 7.25. The maximum Gasteiger partial charge on any atom is 0.225 e. The maximum atomic E-state index is 12.0. The molecule has 1 amide bonds. The molecular formula is C20H22N2O. The molecule has 2 aromatic carbocycles. The van der Waals surface area contributed by atoms with Crippen LogP contribution in [0.1, 0.15) is 17.2 Å². The average Bonchev–Trinajstić information content (AvgIpc) is 2.57. The van der Waals surface area contributed by atoms with Crippen LogP contribution in [0.3, 0.4) is 0 Å². The zero-order chi connectivity index (χ0) is 16.1. The molecule has 1 aliphatic rings. The minimum absolute atomic E-state index is 0.0740. The zero-order valence-corrected chi connectivity index (χ0v) is 13.2. The Morgan fingerprint density at radius 1 is 1.09 bits per heavy atom. The molecule has 1 heterocycles. The van der Waals surface area contributed by atoms with E-state index in [0.717, 1.165) is 13.1 Å². The Morgan fingerprint density at radius 3 is 2.09 bits per heavy atom. The summed E-state index contributed by atoms with van der Waals surface area (Å²) >= 11 is 0. The predicted molar refractivity (Wildman–Crippen MR) is 93.0 cm³/mol. The molecular weight excluding hydrogens is 284 g/mol. The standard InChI is InChI=1S/C20H22N2O/c1-2-13-21-20(23)18-14-22(15-18)19(16-9-5-3-6-10-16)17-11-7-4-8-12-17/h2-12,18-19H,1,13-15H2,(H,21,23). The number of hydrogen-bond donors (Lipinski definition) is 1. The largest absolute Gasteiger partial charge is 0.352 e. The van der Waals surface area contributed by atoms with Gasteiger partial charge in [0.25, 0.3) is 0 Å². The molecule has 1 aliphatic heterocycles. The van der Waals surface area contributed by atoms with Gasteiger partial charge in [0.2, 0.25) is 5.91 Å². The van der Waals surface area contributed by atoms with E-state index in [9.17, 15) is 4.79 Å². The highest BCUT2D eigenvalue weighted by Gasteiger charge is 2.37. The molecule has 0 spiro atoms. The van der Waals surface area contributed by atoms with E-state index in [1.807, 2.05) is 12.1 Å². The molecule has 1 fully saturated rings. The van der Waals surface area contributed by atoms with Gasteiger partial charge in [0, 0.05) is 19.6 Å². The van der Waals surface area contributed by atoms with Gasteiger partial charge in [-0.15, -0.1) is 6.58 Å². The van der Waals surface area contributed by atoms with Crippen LogP contribution in [0.4, 0.5) is 0 Å². The lowest BCUT2D eigenvalue weighted by molar-refractivity contribution is -0.130. The number of benzene rings is 2. The molecule has 0 unspecified atom stereocenters. The minimum atomic E-state index is 0.0740. The molecule has 3 heteroatoms. The van der Waals surface area contributed by atoms with Gasteiger partial charge in [-0.3, -0.25) is 9.69 Å². The maximum absolute atomic E-state index is 12.0. The fourth-order valence-electron chi connectivity index (χ4n) is 3.09. The molecule has 0 atom stereocenters. The first-order valence-corrected chi connectivity index (χ1v) is 8.02. The molecule has 1 N–H and O–H groups in total. The van der Waals surface area contributed by atoms with Crippen LogP contribution >= 0.6 is 0 Å². The summed E-state index contributed by atoms with van der Waals surface area (Å²) in [6.07, 6.45) is 1.71. The summed E-state index contributed by atoms with van der Waals surface area (Å²) in [6, 6.07) is 21.2. The van der Waals surface area contributed by atoms with Crippen LogP contribution in [0.15, 0.2) is 73.3 Å². The highest BCUT2D eigenvalue weighted by molar-refractivity contribution is 5.80. The minimum Gasteiger partial charge on any atom is -0.352 e. The van der Waals surface area contributed by atoms with E-state index in [1.54, 1.807) is 6.08 Å². The second-order valence-electron chi connectivity index (χ2n) is 5.91. The van der Waals surface area contributed by atoms with Gasteiger partial charge >= 0.3 is 0 Å². The Balaban J connectivity index is 1.74. The van der Waals surface area contributed by atoms with Crippen molar-refractivity contribution < 1.29 is 4.79 Å². The number of amides is 1. The molecule has 23 heavy (non-hydrogen) atoms. The summed E-state index contributed by atoms with van der Waals surface area (Å²) < 4.78 is 0. The van der Waals surface area contributed by atoms with Crippen LogP contribution in [-0.4, -0.2) is 30.4 Å². The molecule has 118 valence electrons. The first-order chi connectivity index (χ1) is 11.3. The van der Waals surface area contributed by atoms with Gasteiger partial charge in [0.15, 0.2) is 0 Å². The Kier molecular flexibility index (Phi) is 4.89. The Bertz CT molecular complexity index is 608. The number of nitrogens with one attached hydrogen (secondary N) is 1. The number of likely N-dealkylation sites (tertiary alicyclic amines) is 1. The van der Waals surface area contributed by atoms with Gasteiger partial charge in [-0.2, -0.15) is 0 Å². The number of rotatable bonds is 6. The van der Waals surface area contributed by atoms with E-state index in [2.05, 4.69) is 65.3 Å². The lowest BCUT2D eigenvalue weighted by Gasteiger charge is -2.44. The molecule has 0 aromatic heterocycles. The fourth-order valence-corrected chi connectivity index (χ4v) is 3.09. The van der Waals surface area contributed by atoms with Gasteiger partial charge in [0.1, 0.15) is 0 Å². The summed E-state index contributed by atoms with van der Waals surface area (Å²) in [5.74, 6) is 0.200. The topological polar surface area (TPSA) is 32.3 Å². The van der Waals surface area contributed by atoms with Crippen molar-refractivity contribution in [1.29, 1.82) is 0 Å². The summed E-state index contributed by atoms with van der Waals surface area (Å²) in [6.45, 7) is 5.75. The molecule has 0 bridgehead atoms. The van der Waals surface area contributed by atoms with Crippen molar-refractivity contribution in [3.8, 4) is 0 Å². The van der Waals surface area contributed by atoms with Crippen molar-refractivity contribution in [2.75, 3.05) is 19.6 Å². The highest BCUT2D eigenvalue weighted by Crippen LogP contribution is 2.34. The molecule has 3 rings (SSSR count). The lowest BCUT2D eigenvalue weighted by atomic mass is 9.90. The monoisotopic (exact) mass is 306 g/mol. The number of hydrogen-bond acceptors (Lipinski definition) is 2. The van der Waals surface area contributed by atoms with Gasteiger partial charge in [-0.05, 0) is 11.1 Å². The van der Waals surface area contributed by atoms with Gasteiger partial charge in [-0.25, -0.2) is 0 Å². The van der Waals surface area contributed by atoms with Gasteiger partial charge < -0.3 is 5.32 Å². The quantitative estimate of drug-likeness (QED) is 0.832. The van der Waals surface area contributed by atoms with E-state index in [1.165, 1.54) is 11.1 Å². The third kappa shape index (κ3) is 3.51. The van der Waals surface area contributed by atoms with Crippen LogP contribution in [0, 0.1) is 5.92 Å². The van der Waals surface area contributed by atoms with Crippen LogP contribution in [0.5, 0.6) is 0 Å².